The fourth-order valence-electron chi connectivity index (χ4n) is 1.13. The van der Waals surface area contributed by atoms with Gasteiger partial charge in [-0.25, -0.2) is 0 Å². The minimum Gasteiger partial charge on any atom is -0.508 e. The van der Waals surface area contributed by atoms with Crippen LogP contribution in [0.3, 0.4) is 0 Å². The van der Waals surface area contributed by atoms with Crippen molar-refractivity contribution in [1.82, 2.24) is 0 Å². The van der Waals surface area contributed by atoms with E-state index in [0.717, 1.165) is 0 Å². The Kier molecular flexibility index (Phi) is 3.88. The van der Waals surface area contributed by atoms with Gasteiger partial charge in [0.25, 0.3) is 0 Å². The molecule has 0 aliphatic heterocycles. The second-order valence-electron chi connectivity index (χ2n) is 3.36. The Balaban J connectivity index is 2.86. The molecule has 0 amide bonds. The lowest BCUT2D eigenvalue weighted by atomic mass is 10.1. The Bertz CT molecular complexity index is 427. The van der Waals surface area contributed by atoms with Gasteiger partial charge in [0.1, 0.15) is 5.75 Å². The van der Waals surface area contributed by atoms with Crippen molar-refractivity contribution in [3.63, 3.8) is 0 Å². The van der Waals surface area contributed by atoms with Crippen molar-refractivity contribution in [2.24, 2.45) is 10.2 Å². The second kappa shape index (κ2) is 5.16. The molecule has 0 radical (unpaired) electrons. The molecule has 0 atom stereocenters. The van der Waals surface area contributed by atoms with Gasteiger partial charge in [0.2, 0.25) is 0 Å². The smallest absolute Gasteiger partial charge is 0.187 e. The SMILES string of the molecule is CC(=O)C(N=Nc1cccc(O)c1)C(C)=O. The van der Waals surface area contributed by atoms with Gasteiger partial charge in [-0.3, -0.25) is 9.59 Å². The minimum absolute atomic E-state index is 0.0543. The number of benzene rings is 1. The summed E-state index contributed by atoms with van der Waals surface area (Å²) in [5.74, 6) is -0.647. The number of hydrogen-bond donors (Lipinski definition) is 1. The molecule has 0 heterocycles. The summed E-state index contributed by atoms with van der Waals surface area (Å²) in [6.45, 7) is 2.57. The number of nitrogens with zero attached hydrogens (tertiary/aromatic N) is 2. The van der Waals surface area contributed by atoms with E-state index in [2.05, 4.69) is 10.2 Å². The van der Waals surface area contributed by atoms with Crippen LogP contribution in [-0.2, 0) is 9.59 Å². The molecule has 5 heteroatoms. The van der Waals surface area contributed by atoms with E-state index in [9.17, 15) is 9.59 Å². The van der Waals surface area contributed by atoms with Crippen molar-refractivity contribution < 1.29 is 14.7 Å². The minimum atomic E-state index is -1.05. The Hall–Kier alpha value is -2.04. The van der Waals surface area contributed by atoms with Gasteiger partial charge in [-0.05, 0) is 26.0 Å². The number of carbonyl (C=O) groups excluding carboxylic acids is 2. The zero-order valence-electron chi connectivity index (χ0n) is 9.04. The zero-order valence-corrected chi connectivity index (χ0v) is 9.04. The first-order chi connectivity index (χ1) is 7.50. The summed E-state index contributed by atoms with van der Waals surface area (Å²) in [4.78, 5) is 22.1. The molecule has 0 saturated carbocycles. The molecule has 0 saturated heterocycles. The lowest BCUT2D eigenvalue weighted by Crippen LogP contribution is -2.23. The predicted octanol–water partition coefficient (Wildman–Crippen LogP) is 2.02. The molecule has 84 valence electrons. The van der Waals surface area contributed by atoms with Crippen LogP contribution in [0.1, 0.15) is 13.8 Å². The molecule has 16 heavy (non-hydrogen) atoms. The molecule has 1 N–H and O–H groups in total. The fourth-order valence-corrected chi connectivity index (χ4v) is 1.13. The average molecular weight is 220 g/mol. The van der Waals surface area contributed by atoms with Crippen LogP contribution >= 0.6 is 0 Å². The number of carbonyl (C=O) groups is 2. The van der Waals surface area contributed by atoms with Crippen molar-refractivity contribution in [2.75, 3.05) is 0 Å². The maximum Gasteiger partial charge on any atom is 0.187 e. The van der Waals surface area contributed by atoms with Crippen LogP contribution in [-0.4, -0.2) is 22.7 Å². The maximum absolute atomic E-state index is 11.0. The molecule has 0 bridgehead atoms. The number of phenols is 1. The van der Waals surface area contributed by atoms with E-state index in [-0.39, 0.29) is 17.3 Å². The lowest BCUT2D eigenvalue weighted by molar-refractivity contribution is -0.126. The highest BCUT2D eigenvalue weighted by Crippen LogP contribution is 2.19. The summed E-state index contributed by atoms with van der Waals surface area (Å²) in [7, 11) is 0. The van der Waals surface area contributed by atoms with Crippen molar-refractivity contribution in [3.8, 4) is 5.75 Å². The van der Waals surface area contributed by atoms with Gasteiger partial charge in [-0.1, -0.05) is 6.07 Å². The molecule has 5 nitrogen and oxygen atoms in total. The highest BCUT2D eigenvalue weighted by atomic mass is 16.3. The lowest BCUT2D eigenvalue weighted by Gasteiger charge is -2.01. The number of rotatable bonds is 4. The van der Waals surface area contributed by atoms with E-state index < -0.39 is 6.04 Å². The molecule has 0 aromatic heterocycles. The van der Waals surface area contributed by atoms with Gasteiger partial charge in [-0.2, -0.15) is 10.2 Å². The number of aromatic hydroxyl groups is 1. The van der Waals surface area contributed by atoms with Gasteiger partial charge in [0.15, 0.2) is 17.6 Å². The summed E-state index contributed by atoms with van der Waals surface area (Å²) in [5.41, 5.74) is 0.396. The zero-order chi connectivity index (χ0) is 12.1. The average Bonchev–Trinajstić information content (AvgIpc) is 2.16. The van der Waals surface area contributed by atoms with Crippen molar-refractivity contribution >= 4 is 17.3 Å². The third-order valence-electron chi connectivity index (χ3n) is 1.89. The topological polar surface area (TPSA) is 79.1 Å². The van der Waals surface area contributed by atoms with Crippen LogP contribution in [0, 0.1) is 0 Å². The van der Waals surface area contributed by atoms with Gasteiger partial charge >= 0.3 is 0 Å². The number of Topliss-reactive ketones (excluding diaryl/α,β-unsaturated/α-hetero) is 2. The molecule has 0 aliphatic rings. The molecule has 0 spiro atoms. The maximum atomic E-state index is 11.0. The monoisotopic (exact) mass is 220 g/mol. The summed E-state index contributed by atoms with van der Waals surface area (Å²) >= 11 is 0. The van der Waals surface area contributed by atoms with Crippen molar-refractivity contribution in [2.45, 2.75) is 19.9 Å². The van der Waals surface area contributed by atoms with Crippen molar-refractivity contribution in [1.29, 1.82) is 0 Å². The normalized spacial score (nSPS) is 10.9. The van der Waals surface area contributed by atoms with Crippen LogP contribution < -0.4 is 0 Å². The number of azo groups is 1. The highest BCUT2D eigenvalue weighted by molar-refractivity contribution is 6.04. The van der Waals surface area contributed by atoms with E-state index in [1.54, 1.807) is 12.1 Å². The molecular weight excluding hydrogens is 208 g/mol. The highest BCUT2D eigenvalue weighted by Gasteiger charge is 2.18. The molecule has 1 aromatic carbocycles. The van der Waals surface area contributed by atoms with Crippen LogP contribution in [0.15, 0.2) is 34.5 Å². The number of hydrogen-bond acceptors (Lipinski definition) is 5. The first-order valence-electron chi connectivity index (χ1n) is 4.71. The predicted molar refractivity (Wildman–Crippen MR) is 57.8 cm³/mol. The molecule has 0 unspecified atom stereocenters. The molecule has 0 aliphatic carbocycles. The van der Waals surface area contributed by atoms with E-state index >= 15 is 0 Å². The van der Waals surface area contributed by atoms with Crippen LogP contribution in [0.4, 0.5) is 5.69 Å². The Morgan fingerprint density at radius 1 is 1.25 bits per heavy atom. The first kappa shape index (κ1) is 12.0. The van der Waals surface area contributed by atoms with Crippen LogP contribution in [0.25, 0.3) is 0 Å². The van der Waals surface area contributed by atoms with E-state index in [0.29, 0.717) is 5.69 Å². The van der Waals surface area contributed by atoms with E-state index in [1.165, 1.54) is 26.0 Å². The standard InChI is InChI=1S/C11H12N2O3/c1-7(14)11(8(2)15)13-12-9-4-3-5-10(16)6-9/h3-6,11,16H,1-2H3. The number of ketones is 2. The van der Waals surface area contributed by atoms with Crippen molar-refractivity contribution in [3.05, 3.63) is 24.3 Å². The van der Waals surface area contributed by atoms with E-state index in [1.807, 2.05) is 0 Å². The van der Waals surface area contributed by atoms with E-state index in [4.69, 9.17) is 5.11 Å². The van der Waals surface area contributed by atoms with Gasteiger partial charge in [-0.15, -0.1) is 0 Å². The molecule has 0 fully saturated rings. The third kappa shape index (κ3) is 3.27. The first-order valence-corrected chi connectivity index (χ1v) is 4.71. The number of phenolic OH excluding ortho intramolecular Hbond substituents is 1. The van der Waals surface area contributed by atoms with Crippen LogP contribution in [0.2, 0.25) is 0 Å². The Morgan fingerprint density at radius 2 is 1.88 bits per heavy atom. The molecule has 1 rings (SSSR count). The van der Waals surface area contributed by atoms with Gasteiger partial charge in [0.05, 0.1) is 5.69 Å². The molecular formula is C11H12N2O3. The van der Waals surface area contributed by atoms with Gasteiger partial charge in [0, 0.05) is 6.07 Å². The largest absolute Gasteiger partial charge is 0.508 e. The Morgan fingerprint density at radius 3 is 2.38 bits per heavy atom. The summed E-state index contributed by atoms with van der Waals surface area (Å²) in [5, 5.41) is 16.5. The van der Waals surface area contributed by atoms with Crippen LogP contribution in [0.5, 0.6) is 5.75 Å². The summed E-state index contributed by atoms with van der Waals surface area (Å²) < 4.78 is 0. The summed E-state index contributed by atoms with van der Waals surface area (Å²) in [6, 6.07) is 5.04. The molecule has 1 aromatic rings. The third-order valence-corrected chi connectivity index (χ3v) is 1.89. The second-order valence-corrected chi connectivity index (χ2v) is 3.36. The Labute approximate surface area is 92.8 Å². The quantitative estimate of drug-likeness (QED) is 0.622. The summed E-state index contributed by atoms with van der Waals surface area (Å²) in [6.07, 6.45) is 0. The fraction of sp³-hybridized carbons (Fsp3) is 0.273. The van der Waals surface area contributed by atoms with Gasteiger partial charge < -0.3 is 5.11 Å².